The van der Waals surface area contributed by atoms with Gasteiger partial charge in [-0.15, -0.1) is 0 Å². The zero-order valence-electron chi connectivity index (χ0n) is 8.77. The largest absolute Gasteiger partial charge is 0.492 e. The van der Waals surface area contributed by atoms with Gasteiger partial charge in [-0.3, -0.25) is 9.59 Å². The van der Waals surface area contributed by atoms with Crippen LogP contribution in [0.2, 0.25) is 0 Å². The van der Waals surface area contributed by atoms with E-state index in [1.54, 1.807) is 25.1 Å². The fourth-order valence-electron chi connectivity index (χ4n) is 1.00. The summed E-state index contributed by atoms with van der Waals surface area (Å²) in [6.07, 6.45) is 0.751. The molecule has 2 N–H and O–H groups in total. The van der Waals surface area contributed by atoms with Crippen molar-refractivity contribution < 1.29 is 14.3 Å². The topological polar surface area (TPSA) is 69.4 Å². The number of carbonyl (C=O) groups excluding carboxylic acids is 2. The number of amides is 1. The average molecular weight is 286 g/mol. The van der Waals surface area contributed by atoms with Crippen molar-refractivity contribution in [1.29, 1.82) is 0 Å². The van der Waals surface area contributed by atoms with Gasteiger partial charge < -0.3 is 10.5 Å². The molecule has 0 saturated carbocycles. The van der Waals surface area contributed by atoms with Crippen LogP contribution in [0.1, 0.15) is 17.3 Å². The highest BCUT2D eigenvalue weighted by atomic mass is 79.9. The fraction of sp³-hybridized carbons (Fsp3) is 0.273. The molecule has 1 atom stereocenters. The number of carbonyl (C=O) groups is 2. The second-order valence-electron chi connectivity index (χ2n) is 3.42. The van der Waals surface area contributed by atoms with Gasteiger partial charge in [0.1, 0.15) is 12.0 Å². The zero-order valence-corrected chi connectivity index (χ0v) is 10.4. The molecule has 0 radical (unpaired) electrons. The van der Waals surface area contributed by atoms with E-state index < -0.39 is 5.91 Å². The van der Waals surface area contributed by atoms with Crippen LogP contribution in [0.15, 0.2) is 22.7 Å². The van der Waals surface area contributed by atoms with Gasteiger partial charge in [-0.05, 0) is 34.1 Å². The van der Waals surface area contributed by atoms with Gasteiger partial charge in [-0.25, -0.2) is 0 Å². The number of aldehydes is 1. The maximum Gasteiger partial charge on any atom is 0.223 e. The molecule has 0 bridgehead atoms. The summed E-state index contributed by atoms with van der Waals surface area (Å²) in [5, 5.41) is 0. The van der Waals surface area contributed by atoms with Gasteiger partial charge in [0, 0.05) is 5.56 Å². The number of ether oxygens (including phenoxy) is 1. The van der Waals surface area contributed by atoms with Crippen molar-refractivity contribution in [3.05, 3.63) is 28.2 Å². The fourth-order valence-corrected chi connectivity index (χ4v) is 1.52. The molecule has 86 valence electrons. The van der Waals surface area contributed by atoms with Gasteiger partial charge in [0.05, 0.1) is 17.0 Å². The third-order valence-electron chi connectivity index (χ3n) is 2.07. The number of benzene rings is 1. The Bertz CT molecular complexity index is 406. The van der Waals surface area contributed by atoms with E-state index in [0.717, 1.165) is 6.29 Å². The molecule has 5 heteroatoms. The summed E-state index contributed by atoms with van der Waals surface area (Å²) < 4.78 is 6.07. The summed E-state index contributed by atoms with van der Waals surface area (Å²) in [6.45, 7) is 1.91. The minimum atomic E-state index is -0.402. The van der Waals surface area contributed by atoms with Crippen molar-refractivity contribution in [2.24, 2.45) is 11.7 Å². The molecule has 0 fully saturated rings. The molecule has 1 aromatic carbocycles. The first-order chi connectivity index (χ1) is 7.54. The Morgan fingerprint density at radius 3 is 2.81 bits per heavy atom. The molecular weight excluding hydrogens is 274 g/mol. The Kier molecular flexibility index (Phi) is 4.49. The Labute approximate surface area is 102 Å². The predicted octanol–water partition coefficient (Wildman–Crippen LogP) is 1.76. The minimum Gasteiger partial charge on any atom is -0.492 e. The number of nitrogens with two attached hydrogens (primary N) is 1. The number of rotatable bonds is 5. The highest BCUT2D eigenvalue weighted by molar-refractivity contribution is 9.10. The first kappa shape index (κ1) is 12.7. The minimum absolute atomic E-state index is 0.217. The van der Waals surface area contributed by atoms with E-state index in [4.69, 9.17) is 10.5 Å². The molecule has 1 amide bonds. The molecule has 1 aromatic rings. The lowest BCUT2D eigenvalue weighted by atomic mass is 10.2. The molecule has 16 heavy (non-hydrogen) atoms. The summed E-state index contributed by atoms with van der Waals surface area (Å²) in [5.41, 5.74) is 5.66. The maximum atomic E-state index is 10.8. The predicted molar refractivity (Wildman–Crippen MR) is 63.4 cm³/mol. The van der Waals surface area contributed by atoms with Crippen molar-refractivity contribution in [3.8, 4) is 5.75 Å². The highest BCUT2D eigenvalue weighted by Crippen LogP contribution is 2.25. The summed E-state index contributed by atoms with van der Waals surface area (Å²) in [5.74, 6) is -0.169. The first-order valence-corrected chi connectivity index (χ1v) is 5.50. The quantitative estimate of drug-likeness (QED) is 0.838. The van der Waals surface area contributed by atoms with E-state index in [9.17, 15) is 9.59 Å². The summed E-state index contributed by atoms with van der Waals surface area (Å²) >= 11 is 3.28. The third-order valence-corrected chi connectivity index (χ3v) is 2.69. The van der Waals surface area contributed by atoms with Crippen molar-refractivity contribution in [2.45, 2.75) is 6.92 Å². The second kappa shape index (κ2) is 5.65. The van der Waals surface area contributed by atoms with Gasteiger partial charge in [0.2, 0.25) is 5.91 Å². The molecule has 0 saturated heterocycles. The zero-order chi connectivity index (χ0) is 12.1. The van der Waals surface area contributed by atoms with Crippen molar-refractivity contribution in [2.75, 3.05) is 6.61 Å². The normalized spacial score (nSPS) is 11.9. The molecule has 0 spiro atoms. The molecule has 0 heterocycles. The molecule has 0 aromatic heterocycles. The molecule has 0 aliphatic rings. The maximum absolute atomic E-state index is 10.8. The molecule has 1 unspecified atom stereocenters. The lowest BCUT2D eigenvalue weighted by molar-refractivity contribution is -0.122. The van der Waals surface area contributed by atoms with E-state index in [0.29, 0.717) is 15.8 Å². The number of halogens is 1. The third kappa shape index (κ3) is 3.34. The Morgan fingerprint density at radius 2 is 2.31 bits per heavy atom. The van der Waals surface area contributed by atoms with Gasteiger partial charge in [0.15, 0.2) is 0 Å². The monoisotopic (exact) mass is 285 g/mol. The van der Waals surface area contributed by atoms with E-state index in [1.807, 2.05) is 0 Å². The van der Waals surface area contributed by atoms with Crippen LogP contribution >= 0.6 is 15.9 Å². The lowest BCUT2D eigenvalue weighted by Gasteiger charge is -2.11. The van der Waals surface area contributed by atoms with E-state index in [-0.39, 0.29) is 12.5 Å². The summed E-state index contributed by atoms with van der Waals surface area (Å²) in [4.78, 5) is 21.3. The Morgan fingerprint density at radius 1 is 1.62 bits per heavy atom. The van der Waals surface area contributed by atoms with Crippen molar-refractivity contribution in [3.63, 3.8) is 0 Å². The standard InChI is InChI=1S/C11H12BrNO3/c1-7(11(13)15)6-16-10-3-2-8(5-14)4-9(10)12/h2-5,7H,6H2,1H3,(H2,13,15). The highest BCUT2D eigenvalue weighted by Gasteiger charge is 2.10. The van der Waals surface area contributed by atoms with Crippen LogP contribution in [-0.4, -0.2) is 18.8 Å². The van der Waals surface area contributed by atoms with Crippen LogP contribution in [0.3, 0.4) is 0 Å². The van der Waals surface area contributed by atoms with Crippen LogP contribution in [0.25, 0.3) is 0 Å². The summed E-state index contributed by atoms with van der Waals surface area (Å²) in [7, 11) is 0. The van der Waals surface area contributed by atoms with E-state index >= 15 is 0 Å². The molecule has 4 nitrogen and oxygen atoms in total. The van der Waals surface area contributed by atoms with Crippen LogP contribution in [-0.2, 0) is 4.79 Å². The van der Waals surface area contributed by atoms with Gasteiger partial charge >= 0.3 is 0 Å². The number of hydrogen-bond acceptors (Lipinski definition) is 3. The van der Waals surface area contributed by atoms with Crippen LogP contribution in [0.5, 0.6) is 5.75 Å². The average Bonchev–Trinajstić information content (AvgIpc) is 2.26. The number of primary amides is 1. The molecule has 1 rings (SSSR count). The Hall–Kier alpha value is -1.36. The molecule has 0 aliphatic carbocycles. The van der Waals surface area contributed by atoms with Crippen LogP contribution in [0, 0.1) is 5.92 Å². The first-order valence-electron chi connectivity index (χ1n) is 4.71. The van der Waals surface area contributed by atoms with Gasteiger partial charge in [-0.1, -0.05) is 6.92 Å². The lowest BCUT2D eigenvalue weighted by Crippen LogP contribution is -2.25. The molecular formula is C11H12BrNO3. The number of hydrogen-bond donors (Lipinski definition) is 1. The van der Waals surface area contributed by atoms with Gasteiger partial charge in [-0.2, -0.15) is 0 Å². The Balaban J connectivity index is 2.68. The SMILES string of the molecule is CC(COc1ccc(C=O)cc1Br)C(N)=O. The van der Waals surface area contributed by atoms with Crippen LogP contribution < -0.4 is 10.5 Å². The van der Waals surface area contributed by atoms with Crippen LogP contribution in [0.4, 0.5) is 0 Å². The second-order valence-corrected chi connectivity index (χ2v) is 4.28. The van der Waals surface area contributed by atoms with E-state index in [1.165, 1.54) is 0 Å². The molecule has 0 aliphatic heterocycles. The smallest absolute Gasteiger partial charge is 0.223 e. The van der Waals surface area contributed by atoms with Crippen molar-refractivity contribution in [1.82, 2.24) is 0 Å². The summed E-state index contributed by atoms with van der Waals surface area (Å²) in [6, 6.07) is 4.96. The van der Waals surface area contributed by atoms with Gasteiger partial charge in [0.25, 0.3) is 0 Å². The van der Waals surface area contributed by atoms with E-state index in [2.05, 4.69) is 15.9 Å². The van der Waals surface area contributed by atoms with Crippen molar-refractivity contribution >= 4 is 28.1 Å².